The van der Waals surface area contributed by atoms with E-state index in [4.69, 9.17) is 0 Å². The van der Waals surface area contributed by atoms with Crippen molar-refractivity contribution < 1.29 is 8.78 Å². The molecule has 114 valence electrons. The van der Waals surface area contributed by atoms with Gasteiger partial charge in [0, 0.05) is 30.3 Å². The molecule has 0 aliphatic rings. The largest absolute Gasteiger partial charge is 0.310 e. The molecule has 0 saturated carbocycles. The number of hydrogen-bond donors (Lipinski definition) is 1. The first kappa shape index (κ1) is 15.6. The fraction of sp³-hybridized carbons (Fsp3) is 0.438. The summed E-state index contributed by atoms with van der Waals surface area (Å²) in [6.07, 6.45) is 0.500. The summed E-state index contributed by atoms with van der Waals surface area (Å²) in [6.45, 7) is 7.22. The van der Waals surface area contributed by atoms with Crippen LogP contribution in [0.15, 0.2) is 24.3 Å². The van der Waals surface area contributed by atoms with Gasteiger partial charge in [-0.05, 0) is 38.6 Å². The van der Waals surface area contributed by atoms with Gasteiger partial charge in [-0.3, -0.25) is 4.68 Å². The molecule has 2 aromatic rings. The molecule has 1 N–H and O–H groups in total. The highest BCUT2D eigenvalue weighted by Crippen LogP contribution is 2.24. The standard InChI is InChI=1S/C16H21F2N3/c1-4-19-15(16-13(17)7-6-8-14(16)18)10-12-9-11(3)20-21(12)5-2/h6-9,15,19H,4-5,10H2,1-3H3. The zero-order valence-electron chi connectivity index (χ0n) is 12.7. The second kappa shape index (κ2) is 6.80. The van der Waals surface area contributed by atoms with Crippen molar-refractivity contribution in [2.75, 3.05) is 6.54 Å². The van der Waals surface area contributed by atoms with Gasteiger partial charge in [-0.1, -0.05) is 13.0 Å². The van der Waals surface area contributed by atoms with Gasteiger partial charge in [0.15, 0.2) is 0 Å². The van der Waals surface area contributed by atoms with Crippen LogP contribution in [-0.4, -0.2) is 16.3 Å². The summed E-state index contributed by atoms with van der Waals surface area (Å²) in [5.41, 5.74) is 1.99. The summed E-state index contributed by atoms with van der Waals surface area (Å²) in [6, 6.07) is 5.54. The average Bonchev–Trinajstić information content (AvgIpc) is 2.78. The van der Waals surface area contributed by atoms with Crippen LogP contribution in [-0.2, 0) is 13.0 Å². The number of nitrogens with one attached hydrogen (secondary N) is 1. The maximum Gasteiger partial charge on any atom is 0.130 e. The monoisotopic (exact) mass is 293 g/mol. The van der Waals surface area contributed by atoms with Crippen LogP contribution in [0, 0.1) is 18.6 Å². The molecular formula is C16H21F2N3. The molecule has 2 rings (SSSR count). The maximum absolute atomic E-state index is 14.0. The summed E-state index contributed by atoms with van der Waals surface area (Å²) in [5, 5.41) is 7.55. The molecule has 0 aliphatic carbocycles. The molecule has 1 aromatic carbocycles. The molecule has 0 bridgehead atoms. The van der Waals surface area contributed by atoms with Crippen molar-refractivity contribution in [3.63, 3.8) is 0 Å². The van der Waals surface area contributed by atoms with Gasteiger partial charge in [-0.25, -0.2) is 8.78 Å². The predicted molar refractivity (Wildman–Crippen MR) is 79.1 cm³/mol. The Hall–Kier alpha value is -1.75. The molecule has 1 atom stereocenters. The molecule has 5 heteroatoms. The van der Waals surface area contributed by atoms with Gasteiger partial charge >= 0.3 is 0 Å². The van der Waals surface area contributed by atoms with Crippen LogP contribution >= 0.6 is 0 Å². The number of aromatic nitrogens is 2. The van der Waals surface area contributed by atoms with Gasteiger partial charge in [0.25, 0.3) is 0 Å². The Kier molecular flexibility index (Phi) is 5.07. The second-order valence-electron chi connectivity index (χ2n) is 5.04. The summed E-state index contributed by atoms with van der Waals surface area (Å²) >= 11 is 0. The molecule has 0 amide bonds. The molecule has 1 aromatic heterocycles. The van der Waals surface area contributed by atoms with Gasteiger partial charge < -0.3 is 5.32 Å². The lowest BCUT2D eigenvalue weighted by Crippen LogP contribution is -2.26. The van der Waals surface area contributed by atoms with Crippen molar-refractivity contribution in [1.29, 1.82) is 0 Å². The lowest BCUT2D eigenvalue weighted by atomic mass is 10.0. The molecule has 0 saturated heterocycles. The van der Waals surface area contributed by atoms with Gasteiger partial charge in [-0.2, -0.15) is 5.10 Å². The summed E-state index contributed by atoms with van der Waals surface area (Å²) in [5.74, 6) is -1.03. The number of hydrogen-bond acceptors (Lipinski definition) is 2. The van der Waals surface area contributed by atoms with Crippen LogP contribution in [0.3, 0.4) is 0 Å². The van der Waals surface area contributed by atoms with Crippen molar-refractivity contribution in [3.05, 3.63) is 52.9 Å². The average molecular weight is 293 g/mol. The molecule has 0 fully saturated rings. The van der Waals surface area contributed by atoms with Gasteiger partial charge in [0.1, 0.15) is 11.6 Å². The van der Waals surface area contributed by atoms with E-state index in [-0.39, 0.29) is 5.56 Å². The van der Waals surface area contributed by atoms with E-state index in [9.17, 15) is 8.78 Å². The molecule has 1 unspecified atom stereocenters. The lowest BCUT2D eigenvalue weighted by molar-refractivity contribution is 0.460. The van der Waals surface area contributed by atoms with Crippen LogP contribution in [0.25, 0.3) is 0 Å². The van der Waals surface area contributed by atoms with Crippen LogP contribution in [0.4, 0.5) is 8.78 Å². The number of halogens is 2. The minimum absolute atomic E-state index is 0.0980. The molecule has 3 nitrogen and oxygen atoms in total. The molecular weight excluding hydrogens is 272 g/mol. The van der Waals surface area contributed by atoms with Crippen LogP contribution in [0.5, 0.6) is 0 Å². The third-order valence-electron chi connectivity index (χ3n) is 3.50. The van der Waals surface area contributed by atoms with Gasteiger partial charge in [0.2, 0.25) is 0 Å². The Morgan fingerprint density at radius 1 is 1.24 bits per heavy atom. The SMILES string of the molecule is CCNC(Cc1cc(C)nn1CC)c1c(F)cccc1F. The Morgan fingerprint density at radius 3 is 2.48 bits per heavy atom. The first-order chi connectivity index (χ1) is 10.1. The van der Waals surface area contributed by atoms with Gasteiger partial charge in [0.05, 0.1) is 5.69 Å². The van der Waals surface area contributed by atoms with E-state index < -0.39 is 17.7 Å². The van der Waals surface area contributed by atoms with Gasteiger partial charge in [-0.15, -0.1) is 0 Å². The first-order valence-electron chi connectivity index (χ1n) is 7.27. The minimum Gasteiger partial charge on any atom is -0.310 e. The van der Waals surface area contributed by atoms with E-state index in [1.165, 1.54) is 18.2 Å². The van der Waals surface area contributed by atoms with Crippen molar-refractivity contribution >= 4 is 0 Å². The van der Waals surface area contributed by atoms with E-state index in [0.717, 1.165) is 17.9 Å². The number of aryl methyl sites for hydroxylation is 2. The highest BCUT2D eigenvalue weighted by atomic mass is 19.1. The lowest BCUT2D eigenvalue weighted by Gasteiger charge is -2.20. The van der Waals surface area contributed by atoms with Crippen LogP contribution < -0.4 is 5.32 Å². The Balaban J connectivity index is 2.35. The van der Waals surface area contributed by atoms with E-state index in [1.54, 1.807) is 0 Å². The van der Waals surface area contributed by atoms with E-state index >= 15 is 0 Å². The molecule has 0 aliphatic heterocycles. The quantitative estimate of drug-likeness (QED) is 0.885. The van der Waals surface area contributed by atoms with Crippen molar-refractivity contribution in [2.24, 2.45) is 0 Å². The topological polar surface area (TPSA) is 29.9 Å². The van der Waals surface area contributed by atoms with Crippen molar-refractivity contribution in [1.82, 2.24) is 15.1 Å². The summed E-state index contributed by atoms with van der Waals surface area (Å²) < 4.78 is 29.9. The smallest absolute Gasteiger partial charge is 0.130 e. The number of nitrogens with zero attached hydrogens (tertiary/aromatic N) is 2. The predicted octanol–water partition coefficient (Wildman–Crippen LogP) is 3.38. The highest BCUT2D eigenvalue weighted by Gasteiger charge is 2.21. The van der Waals surface area contributed by atoms with E-state index in [0.29, 0.717) is 13.0 Å². The van der Waals surface area contributed by atoms with Crippen LogP contribution in [0.2, 0.25) is 0 Å². The van der Waals surface area contributed by atoms with Crippen molar-refractivity contribution in [3.8, 4) is 0 Å². The third-order valence-corrected chi connectivity index (χ3v) is 3.50. The molecule has 21 heavy (non-hydrogen) atoms. The Bertz CT molecular complexity index is 587. The molecule has 0 spiro atoms. The zero-order chi connectivity index (χ0) is 15.4. The third kappa shape index (κ3) is 3.47. The number of rotatable bonds is 6. The zero-order valence-corrected chi connectivity index (χ0v) is 12.7. The Morgan fingerprint density at radius 2 is 1.90 bits per heavy atom. The maximum atomic E-state index is 14.0. The number of benzene rings is 1. The molecule has 1 heterocycles. The second-order valence-corrected chi connectivity index (χ2v) is 5.04. The van der Waals surface area contributed by atoms with E-state index in [2.05, 4.69) is 10.4 Å². The highest BCUT2D eigenvalue weighted by molar-refractivity contribution is 5.25. The Labute approximate surface area is 124 Å². The molecule has 0 radical (unpaired) electrons. The minimum atomic E-state index is -0.514. The number of likely N-dealkylation sites (N-methyl/N-ethyl adjacent to an activating group) is 1. The van der Waals surface area contributed by atoms with Crippen LogP contribution in [0.1, 0.15) is 36.8 Å². The fourth-order valence-electron chi connectivity index (χ4n) is 2.61. The fourth-order valence-corrected chi connectivity index (χ4v) is 2.61. The summed E-state index contributed by atoms with van der Waals surface area (Å²) in [7, 11) is 0. The van der Waals surface area contributed by atoms with E-state index in [1.807, 2.05) is 31.5 Å². The normalized spacial score (nSPS) is 12.6. The first-order valence-corrected chi connectivity index (χ1v) is 7.27. The van der Waals surface area contributed by atoms with Crippen molar-refractivity contribution in [2.45, 2.75) is 39.8 Å². The summed E-state index contributed by atoms with van der Waals surface area (Å²) in [4.78, 5) is 0.